The molecule has 0 radical (unpaired) electrons. The van der Waals surface area contributed by atoms with Crippen LogP contribution in [0.5, 0.6) is 5.75 Å². The minimum absolute atomic E-state index is 0.0653. The molecule has 1 heterocycles. The summed E-state index contributed by atoms with van der Waals surface area (Å²) in [6.45, 7) is 1.69. The van der Waals surface area contributed by atoms with Gasteiger partial charge in [-0.3, -0.25) is 0 Å². The van der Waals surface area contributed by atoms with Gasteiger partial charge in [0.15, 0.2) is 0 Å². The van der Waals surface area contributed by atoms with Crippen LogP contribution < -0.4 is 9.84 Å². The Balaban J connectivity index is 2.11. The maximum absolute atomic E-state index is 11.6. The zero-order valence-electron chi connectivity index (χ0n) is 13.8. The third kappa shape index (κ3) is 3.87. The number of hydrogen-bond acceptors (Lipinski definition) is 7. The number of carbonyl (C=O) groups excluding carboxylic acids is 1. The SMILES string of the molecule is C#CCOc1ccc2ccccc2c1/C=C(\Sc1nnc(C)o1)C(=O)[O-]. The fourth-order valence-corrected chi connectivity index (χ4v) is 3.04. The molecule has 7 heteroatoms. The van der Waals surface area contributed by atoms with E-state index >= 15 is 0 Å². The zero-order chi connectivity index (χ0) is 18.5. The number of thioether (sulfide) groups is 1. The highest BCUT2D eigenvalue weighted by Gasteiger charge is 2.13. The summed E-state index contributed by atoms with van der Waals surface area (Å²) in [4.78, 5) is 11.5. The molecule has 3 rings (SSSR count). The number of carbonyl (C=O) groups is 1. The second-order valence-electron chi connectivity index (χ2n) is 5.18. The number of rotatable bonds is 6. The normalized spacial score (nSPS) is 11.3. The molecule has 2 aromatic carbocycles. The van der Waals surface area contributed by atoms with Crippen molar-refractivity contribution in [2.75, 3.05) is 6.61 Å². The molecule has 0 bridgehead atoms. The van der Waals surface area contributed by atoms with Crippen LogP contribution in [0.2, 0.25) is 0 Å². The van der Waals surface area contributed by atoms with Gasteiger partial charge in [-0.05, 0) is 34.7 Å². The Morgan fingerprint density at radius 3 is 2.85 bits per heavy atom. The number of carboxylic acids is 1. The van der Waals surface area contributed by atoms with E-state index in [2.05, 4.69) is 16.1 Å². The summed E-state index contributed by atoms with van der Waals surface area (Å²) in [5, 5.41) is 21.0. The fourth-order valence-electron chi connectivity index (χ4n) is 2.34. The molecule has 1 aromatic heterocycles. The number of terminal acetylenes is 1. The summed E-state index contributed by atoms with van der Waals surface area (Å²) in [6.07, 6.45) is 6.73. The van der Waals surface area contributed by atoms with Crippen molar-refractivity contribution in [1.29, 1.82) is 0 Å². The van der Waals surface area contributed by atoms with Gasteiger partial charge in [-0.25, -0.2) is 0 Å². The lowest BCUT2D eigenvalue weighted by Crippen LogP contribution is -2.23. The maximum Gasteiger partial charge on any atom is 0.281 e. The highest BCUT2D eigenvalue weighted by Crippen LogP contribution is 2.34. The number of benzene rings is 2. The van der Waals surface area contributed by atoms with E-state index in [1.807, 2.05) is 30.3 Å². The van der Waals surface area contributed by atoms with Gasteiger partial charge in [0.25, 0.3) is 5.22 Å². The molecule has 0 unspecified atom stereocenters. The molecule has 26 heavy (non-hydrogen) atoms. The molecule has 0 aliphatic carbocycles. The Morgan fingerprint density at radius 2 is 2.15 bits per heavy atom. The average Bonchev–Trinajstić information content (AvgIpc) is 3.05. The van der Waals surface area contributed by atoms with Gasteiger partial charge in [-0.1, -0.05) is 36.3 Å². The molecule has 0 saturated carbocycles. The number of nitrogens with zero attached hydrogens (tertiary/aromatic N) is 2. The van der Waals surface area contributed by atoms with E-state index in [-0.39, 0.29) is 16.7 Å². The Bertz CT molecular complexity index is 1030. The van der Waals surface area contributed by atoms with Crippen LogP contribution in [-0.2, 0) is 4.79 Å². The van der Waals surface area contributed by atoms with Crippen molar-refractivity contribution in [1.82, 2.24) is 10.2 Å². The molecule has 0 aliphatic heterocycles. The number of hydrogen-bond donors (Lipinski definition) is 0. The first kappa shape index (κ1) is 17.6. The van der Waals surface area contributed by atoms with Gasteiger partial charge in [0, 0.05) is 17.4 Å². The minimum Gasteiger partial charge on any atom is -0.544 e. The van der Waals surface area contributed by atoms with Crippen LogP contribution in [0.25, 0.3) is 16.8 Å². The molecule has 0 fully saturated rings. The van der Waals surface area contributed by atoms with E-state index in [0.29, 0.717) is 17.2 Å². The lowest BCUT2D eigenvalue weighted by Gasteiger charge is -2.12. The van der Waals surface area contributed by atoms with E-state index in [9.17, 15) is 9.90 Å². The third-order valence-electron chi connectivity index (χ3n) is 3.42. The van der Waals surface area contributed by atoms with E-state index in [1.165, 1.54) is 6.08 Å². The molecule has 3 aromatic rings. The topological polar surface area (TPSA) is 88.3 Å². The average molecular weight is 365 g/mol. The van der Waals surface area contributed by atoms with Crippen molar-refractivity contribution in [2.45, 2.75) is 12.1 Å². The van der Waals surface area contributed by atoms with Crippen molar-refractivity contribution in [3.63, 3.8) is 0 Å². The van der Waals surface area contributed by atoms with Crippen LogP contribution >= 0.6 is 11.8 Å². The van der Waals surface area contributed by atoms with Crippen LogP contribution in [0.4, 0.5) is 0 Å². The summed E-state index contributed by atoms with van der Waals surface area (Å²) < 4.78 is 10.8. The summed E-state index contributed by atoms with van der Waals surface area (Å²) in [6, 6.07) is 11.2. The van der Waals surface area contributed by atoms with Gasteiger partial charge in [0.05, 0.1) is 5.97 Å². The van der Waals surface area contributed by atoms with E-state index < -0.39 is 5.97 Å². The third-order valence-corrected chi connectivity index (χ3v) is 4.27. The van der Waals surface area contributed by atoms with Gasteiger partial charge < -0.3 is 19.1 Å². The smallest absolute Gasteiger partial charge is 0.281 e. The lowest BCUT2D eigenvalue weighted by molar-refractivity contribution is -0.298. The monoisotopic (exact) mass is 365 g/mol. The summed E-state index contributed by atoms with van der Waals surface area (Å²) in [5.41, 5.74) is 0.585. The zero-order valence-corrected chi connectivity index (χ0v) is 14.6. The second-order valence-corrected chi connectivity index (χ2v) is 6.17. The highest BCUT2D eigenvalue weighted by molar-refractivity contribution is 8.03. The first-order valence-corrected chi connectivity index (χ1v) is 8.39. The summed E-state index contributed by atoms with van der Waals surface area (Å²) >= 11 is 0.817. The number of fused-ring (bicyclic) bond motifs is 1. The number of aryl methyl sites for hydroxylation is 1. The Hall–Kier alpha value is -3.24. The summed E-state index contributed by atoms with van der Waals surface area (Å²) in [7, 11) is 0. The number of carboxylic acid groups (broad SMARTS) is 1. The van der Waals surface area contributed by atoms with Crippen LogP contribution in [0, 0.1) is 19.3 Å². The molecule has 130 valence electrons. The van der Waals surface area contributed by atoms with Crippen LogP contribution in [0.3, 0.4) is 0 Å². The van der Waals surface area contributed by atoms with E-state index in [4.69, 9.17) is 15.6 Å². The van der Waals surface area contributed by atoms with Crippen molar-refractivity contribution in [2.24, 2.45) is 0 Å². The van der Waals surface area contributed by atoms with Gasteiger partial charge in [0.2, 0.25) is 5.89 Å². The molecule has 0 saturated heterocycles. The Labute approximate surface area is 153 Å². The minimum atomic E-state index is -1.36. The van der Waals surface area contributed by atoms with Crippen molar-refractivity contribution >= 4 is 34.6 Å². The van der Waals surface area contributed by atoms with Crippen molar-refractivity contribution < 1.29 is 19.1 Å². The molecule has 0 amide bonds. The fraction of sp³-hybridized carbons (Fsp3) is 0.105. The quantitative estimate of drug-likeness (QED) is 0.376. The van der Waals surface area contributed by atoms with E-state index in [1.54, 1.807) is 13.0 Å². The molecule has 6 nitrogen and oxygen atoms in total. The second kappa shape index (κ2) is 7.76. The molecular weight excluding hydrogens is 352 g/mol. The van der Waals surface area contributed by atoms with Crippen LogP contribution in [-0.4, -0.2) is 22.8 Å². The number of aliphatic carboxylic acids is 1. The first-order chi connectivity index (χ1) is 12.6. The lowest BCUT2D eigenvalue weighted by atomic mass is 10.0. The van der Waals surface area contributed by atoms with Gasteiger partial charge in [-0.2, -0.15) is 0 Å². The Kier molecular flexibility index (Phi) is 5.25. The van der Waals surface area contributed by atoms with E-state index in [0.717, 1.165) is 22.5 Å². The van der Waals surface area contributed by atoms with Gasteiger partial charge >= 0.3 is 0 Å². The molecule has 0 spiro atoms. The molecule has 0 aliphatic rings. The first-order valence-electron chi connectivity index (χ1n) is 7.57. The molecule has 0 N–H and O–H groups in total. The van der Waals surface area contributed by atoms with Gasteiger partial charge in [-0.15, -0.1) is 16.6 Å². The standard InChI is InChI=1S/C19H14N2O4S/c1-3-10-24-16-9-8-13-6-4-5-7-14(13)15(16)11-17(18(22)23)26-19-21-20-12(2)25-19/h1,4-9,11H,10H2,2H3,(H,22,23)/p-1/b17-11-. The summed E-state index contributed by atoms with van der Waals surface area (Å²) in [5.74, 6) is 1.86. The van der Waals surface area contributed by atoms with Crippen molar-refractivity contribution in [3.05, 3.63) is 52.8 Å². The predicted octanol–water partition coefficient (Wildman–Crippen LogP) is 2.43. The number of ether oxygens (including phenoxy) is 1. The molecule has 0 atom stereocenters. The Morgan fingerprint density at radius 1 is 1.35 bits per heavy atom. The maximum atomic E-state index is 11.6. The highest BCUT2D eigenvalue weighted by atomic mass is 32.2. The number of aromatic nitrogens is 2. The van der Waals surface area contributed by atoms with Crippen LogP contribution in [0.1, 0.15) is 11.5 Å². The largest absolute Gasteiger partial charge is 0.544 e. The van der Waals surface area contributed by atoms with Gasteiger partial charge in [0.1, 0.15) is 12.4 Å². The molecular formula is C19H13N2O4S-. The van der Waals surface area contributed by atoms with Crippen LogP contribution in [0.15, 0.2) is 50.9 Å². The van der Waals surface area contributed by atoms with Crippen molar-refractivity contribution in [3.8, 4) is 18.1 Å². The predicted molar refractivity (Wildman–Crippen MR) is 96.2 cm³/mol.